The number of rotatable bonds is 60. The second-order valence-corrected chi connectivity index (χ2v) is 22.0. The molecule has 0 aliphatic rings. The van der Waals surface area contributed by atoms with Crippen LogP contribution in [0.4, 0.5) is 0 Å². The molecule has 0 N–H and O–H groups in total. The molecule has 0 radical (unpaired) electrons. The second kappa shape index (κ2) is 66.6. The highest BCUT2D eigenvalue weighted by Gasteiger charge is 2.19. The van der Waals surface area contributed by atoms with Crippen LogP contribution in [0, 0.1) is 0 Å². The number of ether oxygens (including phenoxy) is 3. The van der Waals surface area contributed by atoms with Crippen molar-refractivity contribution in [3.8, 4) is 0 Å². The number of hydrogen-bond donors (Lipinski definition) is 0. The van der Waals surface area contributed by atoms with Gasteiger partial charge in [-0.05, 0) is 89.9 Å². The summed E-state index contributed by atoms with van der Waals surface area (Å²) in [6.07, 6.45) is 91.2. The SMILES string of the molecule is CC/C=C\C/C=C\C/C=C\C/C=C\C/C=C\C/C=C\CCC(=O)OC(COC(=O)CCCCCCCCC/C=C\C/C=C\C/C=C\CC)COC(=O)CCCCCCCCCCCCCCCCCCCCCCCCCCC. The summed E-state index contributed by atoms with van der Waals surface area (Å²) in [6, 6.07) is 0. The highest BCUT2D eigenvalue weighted by molar-refractivity contribution is 5.71. The molecule has 1 atom stereocenters. The first-order valence-corrected chi connectivity index (χ1v) is 33.4. The van der Waals surface area contributed by atoms with Crippen LogP contribution in [0.1, 0.15) is 316 Å². The topological polar surface area (TPSA) is 78.9 Å². The minimum absolute atomic E-state index is 0.110. The Balaban J connectivity index is 4.41. The fourth-order valence-electron chi connectivity index (χ4n) is 9.37. The molecule has 0 fully saturated rings. The first-order valence-electron chi connectivity index (χ1n) is 33.4. The van der Waals surface area contributed by atoms with Crippen molar-refractivity contribution in [3.05, 3.63) is 109 Å². The lowest BCUT2D eigenvalue weighted by Gasteiger charge is -2.18. The van der Waals surface area contributed by atoms with Gasteiger partial charge in [-0.15, -0.1) is 0 Å². The Labute approximate surface area is 489 Å². The van der Waals surface area contributed by atoms with Crippen molar-refractivity contribution >= 4 is 17.9 Å². The van der Waals surface area contributed by atoms with Gasteiger partial charge < -0.3 is 14.2 Å². The first kappa shape index (κ1) is 75.1. The highest BCUT2D eigenvalue weighted by atomic mass is 16.6. The molecule has 0 spiro atoms. The quantitative estimate of drug-likeness (QED) is 0.0261. The maximum absolute atomic E-state index is 12.9. The minimum atomic E-state index is -0.825. The molecule has 452 valence electrons. The zero-order valence-electron chi connectivity index (χ0n) is 51.9. The molecule has 0 rings (SSSR count). The van der Waals surface area contributed by atoms with Gasteiger partial charge in [0.1, 0.15) is 13.2 Å². The standard InChI is InChI=1S/C73H124O6/c1-4-7-10-13-16-19-22-25-28-31-33-34-35-36-37-38-40-42-45-48-51-54-57-60-63-66-72(75)78-69-70(68-77-71(74)65-62-59-56-53-50-47-44-41-30-27-24-21-18-15-12-9-6-3)79-73(76)67-64-61-58-55-52-49-46-43-39-32-29-26-23-20-17-14-11-8-5-2/h8-9,11-12,17-18,20-21,26-27,29-30,39,43,49,52,58,61,70H,4-7,10,13-16,19,22-25,28,31-38,40-42,44-48,50-51,53-57,59-60,62-69H2,1-3H3/b11-8-,12-9-,20-17-,21-18-,29-26-,30-27-,43-39-,52-49-,61-58-. The molecule has 0 heterocycles. The van der Waals surface area contributed by atoms with E-state index in [0.717, 1.165) is 103 Å². The smallest absolute Gasteiger partial charge is 0.306 e. The van der Waals surface area contributed by atoms with E-state index in [4.69, 9.17) is 14.2 Å². The van der Waals surface area contributed by atoms with E-state index < -0.39 is 12.1 Å². The van der Waals surface area contributed by atoms with Crippen molar-refractivity contribution < 1.29 is 28.6 Å². The summed E-state index contributed by atoms with van der Waals surface area (Å²) in [5, 5.41) is 0. The summed E-state index contributed by atoms with van der Waals surface area (Å²) in [6.45, 7) is 6.38. The summed E-state index contributed by atoms with van der Waals surface area (Å²) in [7, 11) is 0. The average Bonchev–Trinajstić information content (AvgIpc) is 3.45. The van der Waals surface area contributed by atoms with Gasteiger partial charge in [-0.3, -0.25) is 14.4 Å². The Morgan fingerprint density at radius 2 is 0.519 bits per heavy atom. The van der Waals surface area contributed by atoms with Gasteiger partial charge in [0.15, 0.2) is 6.10 Å². The summed E-state index contributed by atoms with van der Waals surface area (Å²) >= 11 is 0. The first-order chi connectivity index (χ1) is 39.0. The van der Waals surface area contributed by atoms with Gasteiger partial charge in [0.25, 0.3) is 0 Å². The van der Waals surface area contributed by atoms with Gasteiger partial charge in [-0.2, -0.15) is 0 Å². The monoisotopic (exact) mass is 1100 g/mol. The van der Waals surface area contributed by atoms with Gasteiger partial charge in [0.05, 0.1) is 0 Å². The second-order valence-electron chi connectivity index (χ2n) is 22.0. The van der Waals surface area contributed by atoms with Crippen LogP contribution in [-0.4, -0.2) is 37.2 Å². The maximum Gasteiger partial charge on any atom is 0.306 e. The fourth-order valence-corrected chi connectivity index (χ4v) is 9.37. The predicted molar refractivity (Wildman–Crippen MR) is 343 cm³/mol. The molecule has 0 amide bonds. The highest BCUT2D eigenvalue weighted by Crippen LogP contribution is 2.17. The largest absolute Gasteiger partial charge is 0.462 e. The van der Waals surface area contributed by atoms with Gasteiger partial charge >= 0.3 is 17.9 Å². The van der Waals surface area contributed by atoms with Gasteiger partial charge in [-0.25, -0.2) is 0 Å². The van der Waals surface area contributed by atoms with E-state index in [0.29, 0.717) is 19.3 Å². The van der Waals surface area contributed by atoms with E-state index in [-0.39, 0.29) is 31.6 Å². The Bertz CT molecular complexity index is 1590. The van der Waals surface area contributed by atoms with Crippen LogP contribution in [-0.2, 0) is 28.6 Å². The Morgan fingerprint density at radius 3 is 0.823 bits per heavy atom. The lowest BCUT2D eigenvalue weighted by Crippen LogP contribution is -2.30. The zero-order chi connectivity index (χ0) is 57.1. The van der Waals surface area contributed by atoms with E-state index in [2.05, 4.69) is 124 Å². The van der Waals surface area contributed by atoms with Crippen molar-refractivity contribution in [3.63, 3.8) is 0 Å². The number of unbranched alkanes of at least 4 members (excludes halogenated alkanes) is 31. The summed E-state index contributed by atoms with van der Waals surface area (Å²) in [4.78, 5) is 38.3. The molecular weight excluding hydrogens is 973 g/mol. The van der Waals surface area contributed by atoms with Crippen LogP contribution in [0.25, 0.3) is 0 Å². The lowest BCUT2D eigenvalue weighted by atomic mass is 10.0. The van der Waals surface area contributed by atoms with Crippen molar-refractivity contribution in [2.24, 2.45) is 0 Å². The van der Waals surface area contributed by atoms with E-state index >= 15 is 0 Å². The molecule has 1 unspecified atom stereocenters. The van der Waals surface area contributed by atoms with Crippen molar-refractivity contribution in [1.29, 1.82) is 0 Å². The van der Waals surface area contributed by atoms with Gasteiger partial charge in [-0.1, -0.05) is 316 Å². The molecule has 0 saturated carbocycles. The molecule has 0 aliphatic carbocycles. The van der Waals surface area contributed by atoms with E-state index in [1.807, 2.05) is 6.08 Å². The Hall–Kier alpha value is -3.93. The minimum Gasteiger partial charge on any atom is -0.462 e. The Kier molecular flexibility index (Phi) is 63.3. The molecular formula is C73H124O6. The molecule has 0 aromatic heterocycles. The van der Waals surface area contributed by atoms with Gasteiger partial charge in [0, 0.05) is 19.3 Å². The van der Waals surface area contributed by atoms with E-state index in [1.165, 1.54) is 167 Å². The third-order valence-corrected chi connectivity index (χ3v) is 14.3. The Morgan fingerprint density at radius 1 is 0.266 bits per heavy atom. The molecule has 79 heavy (non-hydrogen) atoms. The number of carbonyl (C=O) groups excluding carboxylic acids is 3. The normalized spacial score (nSPS) is 12.8. The van der Waals surface area contributed by atoms with E-state index in [1.54, 1.807) is 0 Å². The summed E-state index contributed by atoms with van der Waals surface area (Å²) in [5.74, 6) is -0.995. The number of esters is 3. The lowest BCUT2D eigenvalue weighted by molar-refractivity contribution is -0.166. The molecule has 6 nitrogen and oxygen atoms in total. The van der Waals surface area contributed by atoms with Crippen LogP contribution < -0.4 is 0 Å². The molecule has 6 heteroatoms. The molecule has 0 aliphatic heterocycles. The van der Waals surface area contributed by atoms with Crippen LogP contribution in [0.5, 0.6) is 0 Å². The van der Waals surface area contributed by atoms with Crippen LogP contribution in [0.2, 0.25) is 0 Å². The third-order valence-electron chi connectivity index (χ3n) is 14.3. The third kappa shape index (κ3) is 64.8. The van der Waals surface area contributed by atoms with Crippen molar-refractivity contribution in [1.82, 2.24) is 0 Å². The molecule has 0 aromatic rings. The molecule has 0 aromatic carbocycles. The average molecular weight is 1100 g/mol. The van der Waals surface area contributed by atoms with Crippen LogP contribution in [0.3, 0.4) is 0 Å². The van der Waals surface area contributed by atoms with E-state index in [9.17, 15) is 14.4 Å². The predicted octanol–water partition coefficient (Wildman–Crippen LogP) is 23.0. The molecule has 0 saturated heterocycles. The van der Waals surface area contributed by atoms with Crippen LogP contribution >= 0.6 is 0 Å². The van der Waals surface area contributed by atoms with Gasteiger partial charge in [0.2, 0.25) is 0 Å². The zero-order valence-corrected chi connectivity index (χ0v) is 51.9. The summed E-state index contributed by atoms with van der Waals surface area (Å²) in [5.41, 5.74) is 0. The van der Waals surface area contributed by atoms with Crippen LogP contribution in [0.15, 0.2) is 109 Å². The fraction of sp³-hybridized carbons (Fsp3) is 0.712. The summed E-state index contributed by atoms with van der Waals surface area (Å²) < 4.78 is 16.9. The maximum atomic E-state index is 12.9. The van der Waals surface area contributed by atoms with Crippen molar-refractivity contribution in [2.45, 2.75) is 322 Å². The number of carbonyl (C=O) groups is 3. The van der Waals surface area contributed by atoms with Crippen molar-refractivity contribution in [2.75, 3.05) is 13.2 Å². The molecule has 0 bridgehead atoms. The number of hydrogen-bond acceptors (Lipinski definition) is 6. The number of allylic oxidation sites excluding steroid dienone is 18.